The molecule has 0 amide bonds. The Bertz CT molecular complexity index is 1130. The molecule has 4 atom stereocenters. The van der Waals surface area contributed by atoms with E-state index in [1.807, 2.05) is 30.3 Å². The minimum absolute atomic E-state index is 0.0523. The van der Waals surface area contributed by atoms with Gasteiger partial charge in [-0.1, -0.05) is 30.3 Å². The molecular weight excluding hydrogens is 466 g/mol. The second kappa shape index (κ2) is 9.40. The summed E-state index contributed by atoms with van der Waals surface area (Å²) >= 11 is 6.09. The fraction of sp³-hybridized carbons (Fsp3) is 0.368. The van der Waals surface area contributed by atoms with Gasteiger partial charge in [0, 0.05) is 12.7 Å². The molecule has 10 nitrogen and oxygen atoms in total. The van der Waals surface area contributed by atoms with Crippen molar-refractivity contribution in [3.8, 4) is 0 Å². The lowest BCUT2D eigenvalue weighted by Crippen LogP contribution is -2.31. The van der Waals surface area contributed by atoms with Crippen LogP contribution in [0.1, 0.15) is 11.8 Å². The van der Waals surface area contributed by atoms with Crippen LogP contribution in [0, 0.1) is 0 Å². The lowest BCUT2D eigenvalue weighted by Gasteiger charge is -2.17. The molecule has 172 valence electrons. The van der Waals surface area contributed by atoms with E-state index in [9.17, 15) is 14.1 Å². The van der Waals surface area contributed by atoms with Gasteiger partial charge in [-0.25, -0.2) is 9.37 Å². The van der Waals surface area contributed by atoms with Gasteiger partial charge in [0.2, 0.25) is 5.28 Å². The summed E-state index contributed by atoms with van der Waals surface area (Å²) < 4.78 is 37.6. The van der Waals surface area contributed by atoms with Crippen LogP contribution in [-0.4, -0.2) is 60.8 Å². The first-order valence-corrected chi connectivity index (χ1v) is 11.8. The predicted molar refractivity (Wildman–Crippen MR) is 114 cm³/mol. The molecule has 32 heavy (non-hydrogen) atoms. The van der Waals surface area contributed by atoms with Gasteiger partial charge in [0.25, 0.3) is 0 Å². The van der Waals surface area contributed by atoms with Crippen molar-refractivity contribution in [1.29, 1.82) is 0 Å². The Hall–Kier alpha value is -2.11. The Balaban J connectivity index is 1.54. The smallest absolute Gasteiger partial charge is 0.350 e. The van der Waals surface area contributed by atoms with Gasteiger partial charge in [-0.15, -0.1) is 0 Å². The van der Waals surface area contributed by atoms with Crippen LogP contribution in [0.15, 0.2) is 42.6 Å². The summed E-state index contributed by atoms with van der Waals surface area (Å²) in [6, 6.07) is 11.3. The summed E-state index contributed by atoms with van der Waals surface area (Å²) in [6.45, 7) is 0.0971. The van der Waals surface area contributed by atoms with Gasteiger partial charge in [0.1, 0.15) is 30.0 Å². The number of nitrogens with zero attached hydrogens (tertiary/aromatic N) is 3. The Labute approximate surface area is 187 Å². The Morgan fingerprint density at radius 2 is 2.00 bits per heavy atom. The van der Waals surface area contributed by atoms with Crippen molar-refractivity contribution in [1.82, 2.24) is 14.5 Å². The highest BCUT2D eigenvalue weighted by molar-refractivity contribution is 7.51. The molecule has 0 saturated carbocycles. The number of nitrogens with one attached hydrogen (secondary N) is 1. The average Bonchev–Trinajstić information content (AvgIpc) is 3.28. The van der Waals surface area contributed by atoms with Crippen molar-refractivity contribution in [3.63, 3.8) is 0 Å². The largest absolute Gasteiger partial charge is 0.387 e. The zero-order valence-corrected chi connectivity index (χ0v) is 18.2. The zero-order valence-electron chi connectivity index (χ0n) is 16.6. The molecule has 1 aromatic carbocycles. The minimum atomic E-state index is -4.39. The molecule has 3 aromatic rings. The van der Waals surface area contributed by atoms with Crippen LogP contribution in [-0.2, 0) is 20.6 Å². The normalized spacial score (nSPS) is 23.7. The summed E-state index contributed by atoms with van der Waals surface area (Å²) in [5.41, 5.74) is 1.33. The number of hydrogen-bond donors (Lipinski definition) is 4. The summed E-state index contributed by atoms with van der Waals surface area (Å²) in [6.07, 6.45) is -5.05. The third kappa shape index (κ3) is 5.10. The maximum atomic E-state index is 14.9. The maximum absolute atomic E-state index is 14.9. The Morgan fingerprint density at radius 1 is 1.25 bits per heavy atom. The van der Waals surface area contributed by atoms with Crippen LogP contribution in [0.5, 0.6) is 0 Å². The van der Waals surface area contributed by atoms with Gasteiger partial charge in [-0.05, 0) is 23.2 Å². The van der Waals surface area contributed by atoms with Crippen LogP contribution in [0.2, 0.25) is 5.28 Å². The van der Waals surface area contributed by atoms with Crippen LogP contribution < -0.4 is 5.32 Å². The molecule has 0 bridgehead atoms. The van der Waals surface area contributed by atoms with Gasteiger partial charge < -0.3 is 34.3 Å². The van der Waals surface area contributed by atoms with Gasteiger partial charge in [-0.3, -0.25) is 4.57 Å². The number of alkyl halides is 1. The predicted octanol–water partition coefficient (Wildman–Crippen LogP) is 2.45. The lowest BCUT2D eigenvalue weighted by atomic mass is 10.1. The fourth-order valence-electron chi connectivity index (χ4n) is 3.48. The number of anilines is 1. The molecule has 2 aromatic heterocycles. The molecule has 4 rings (SSSR count). The van der Waals surface area contributed by atoms with E-state index in [2.05, 4.69) is 15.3 Å². The first-order chi connectivity index (χ1) is 15.2. The van der Waals surface area contributed by atoms with Crippen molar-refractivity contribution in [3.05, 3.63) is 53.4 Å². The first-order valence-electron chi connectivity index (χ1n) is 9.65. The fourth-order valence-corrected chi connectivity index (χ4v) is 3.99. The summed E-state index contributed by atoms with van der Waals surface area (Å²) in [5.74, 6) is 0.457. The molecule has 0 spiro atoms. The maximum Gasteiger partial charge on any atom is 0.350 e. The molecule has 1 aliphatic heterocycles. The van der Waals surface area contributed by atoms with Crippen LogP contribution in [0.4, 0.5) is 10.2 Å². The number of hydrogen-bond acceptors (Lipinski definition) is 7. The van der Waals surface area contributed by atoms with Crippen molar-refractivity contribution < 1.29 is 33.3 Å². The van der Waals surface area contributed by atoms with Crippen molar-refractivity contribution in [2.75, 3.05) is 18.3 Å². The monoisotopic (exact) mass is 486 g/mol. The quantitative estimate of drug-likeness (QED) is 0.279. The van der Waals surface area contributed by atoms with E-state index in [4.69, 9.17) is 30.9 Å². The molecule has 3 heterocycles. The molecule has 0 radical (unpaired) electrons. The van der Waals surface area contributed by atoms with E-state index >= 15 is 0 Å². The van der Waals surface area contributed by atoms with Crippen molar-refractivity contribution in [2.45, 2.75) is 31.2 Å². The highest BCUT2D eigenvalue weighted by Gasteiger charge is 2.46. The van der Waals surface area contributed by atoms with Crippen molar-refractivity contribution >= 4 is 36.0 Å². The standard InChI is InChI=1S/C19H21ClFN4O6P/c20-19-23-16(22-8-11-4-2-1-3-5-11)12-6-7-25(17(12)24-19)18-14(21)15(26)13(31-18)9-30-10-32(27,28)29/h1-7,13-15,18,26H,8-10H2,(H,22,23,24)(H2,27,28,29)/t13-,14+,15-,18-/m1/s1. The molecule has 13 heteroatoms. The number of aliphatic hydroxyl groups excluding tert-OH is 1. The van der Waals surface area contributed by atoms with E-state index in [1.54, 1.807) is 12.3 Å². The Kier molecular flexibility index (Phi) is 6.78. The topological polar surface area (TPSA) is 139 Å². The SMILES string of the molecule is O=P(O)(O)COC[C@H]1O[C@@H](n2ccc3c(NCc4ccccc4)nc(Cl)nc32)[C@@H](F)[C@@H]1O. The van der Waals surface area contributed by atoms with Gasteiger partial charge in [0.15, 0.2) is 12.4 Å². The van der Waals surface area contributed by atoms with E-state index in [-0.39, 0.29) is 11.9 Å². The second-order valence-corrected chi connectivity index (χ2v) is 9.23. The number of halogens is 2. The number of fused-ring (bicyclic) bond motifs is 1. The summed E-state index contributed by atoms with van der Waals surface area (Å²) in [5, 5.41) is 13.9. The van der Waals surface area contributed by atoms with E-state index in [0.29, 0.717) is 23.4 Å². The average molecular weight is 487 g/mol. The molecule has 1 saturated heterocycles. The Morgan fingerprint density at radius 3 is 2.72 bits per heavy atom. The van der Waals surface area contributed by atoms with Gasteiger partial charge >= 0.3 is 7.60 Å². The zero-order chi connectivity index (χ0) is 22.9. The number of benzene rings is 1. The highest BCUT2D eigenvalue weighted by atomic mass is 35.5. The van der Waals surface area contributed by atoms with Crippen molar-refractivity contribution in [2.24, 2.45) is 0 Å². The van der Waals surface area contributed by atoms with E-state index in [0.717, 1.165) is 5.56 Å². The summed E-state index contributed by atoms with van der Waals surface area (Å²) in [7, 11) is -4.39. The molecule has 4 N–H and O–H groups in total. The number of aromatic nitrogens is 3. The first kappa shape index (κ1) is 23.1. The minimum Gasteiger partial charge on any atom is -0.387 e. The summed E-state index contributed by atoms with van der Waals surface area (Å²) in [4.78, 5) is 26.2. The van der Waals surface area contributed by atoms with Crippen LogP contribution in [0.25, 0.3) is 11.0 Å². The third-order valence-electron chi connectivity index (χ3n) is 4.96. The molecule has 0 unspecified atom stereocenters. The van der Waals surface area contributed by atoms with E-state index in [1.165, 1.54) is 4.57 Å². The van der Waals surface area contributed by atoms with Crippen LogP contribution in [0.3, 0.4) is 0 Å². The number of rotatable bonds is 8. The third-order valence-corrected chi connectivity index (χ3v) is 5.64. The molecule has 1 aliphatic rings. The molecule has 1 fully saturated rings. The molecular formula is C19H21ClFN4O6P. The number of aliphatic hydroxyl groups is 1. The molecule has 0 aliphatic carbocycles. The van der Waals surface area contributed by atoms with Crippen LogP contribution >= 0.6 is 19.2 Å². The van der Waals surface area contributed by atoms with E-state index < -0.39 is 38.6 Å². The van der Waals surface area contributed by atoms with Gasteiger partial charge in [-0.2, -0.15) is 4.98 Å². The van der Waals surface area contributed by atoms with Gasteiger partial charge in [0.05, 0.1) is 12.0 Å². The highest BCUT2D eigenvalue weighted by Crippen LogP contribution is 2.37. The lowest BCUT2D eigenvalue weighted by molar-refractivity contribution is -0.0580. The second-order valence-electron chi connectivity index (χ2n) is 7.31. The number of ether oxygens (including phenoxy) is 2.